The molecule has 1 atom stereocenters. The Bertz CT molecular complexity index is 1090. The summed E-state index contributed by atoms with van der Waals surface area (Å²) in [6.07, 6.45) is 0.744. The van der Waals surface area contributed by atoms with E-state index in [0.717, 1.165) is 11.6 Å². The van der Waals surface area contributed by atoms with Crippen molar-refractivity contribution in [2.45, 2.75) is 45.5 Å². The van der Waals surface area contributed by atoms with Crippen LogP contribution in [0.2, 0.25) is 0 Å². The molecular formula is C28H37FO9. The molecule has 2 aromatic rings. The SMILES string of the molecule is CCc1c(OCOC)cc(OCOC)c(C(=O)c2ccc(OC)c(F)c2)c1CCOCC1COC(C)(C)O1. The van der Waals surface area contributed by atoms with Gasteiger partial charge in [-0.2, -0.15) is 0 Å². The van der Waals surface area contributed by atoms with Crippen molar-refractivity contribution in [2.24, 2.45) is 0 Å². The van der Waals surface area contributed by atoms with Crippen molar-refractivity contribution in [1.29, 1.82) is 0 Å². The molecule has 1 aliphatic rings. The Morgan fingerprint density at radius 3 is 2.32 bits per heavy atom. The fourth-order valence-electron chi connectivity index (χ4n) is 4.31. The van der Waals surface area contributed by atoms with Crippen LogP contribution in [-0.2, 0) is 36.5 Å². The van der Waals surface area contributed by atoms with Crippen molar-refractivity contribution >= 4 is 5.78 Å². The maximum atomic E-state index is 14.5. The number of halogens is 1. The van der Waals surface area contributed by atoms with E-state index in [1.807, 2.05) is 20.8 Å². The maximum absolute atomic E-state index is 14.5. The van der Waals surface area contributed by atoms with Gasteiger partial charge in [0.05, 0.1) is 32.5 Å². The highest BCUT2D eigenvalue weighted by molar-refractivity contribution is 6.12. The molecule has 9 nitrogen and oxygen atoms in total. The van der Waals surface area contributed by atoms with Gasteiger partial charge in [0.2, 0.25) is 0 Å². The van der Waals surface area contributed by atoms with Gasteiger partial charge in [0.1, 0.15) is 17.6 Å². The predicted octanol–water partition coefficient (Wildman–Crippen LogP) is 4.30. The fourth-order valence-corrected chi connectivity index (χ4v) is 4.31. The molecule has 0 aliphatic carbocycles. The summed E-state index contributed by atoms with van der Waals surface area (Å²) >= 11 is 0. The standard InChI is InChI=1S/C28H37FO9/c1-7-20-21(10-11-34-14-19-15-37-28(2,3)38-19)26(25(36-17-32-5)13-24(20)35-16-31-4)27(30)18-8-9-23(33-6)22(29)12-18/h8-9,12-13,19H,7,10-11,14-17H2,1-6H3. The van der Waals surface area contributed by atoms with Gasteiger partial charge in [-0.25, -0.2) is 4.39 Å². The minimum absolute atomic E-state index is 0.0123. The van der Waals surface area contributed by atoms with Crippen LogP contribution in [-0.4, -0.2) is 72.4 Å². The van der Waals surface area contributed by atoms with Crippen LogP contribution in [0, 0.1) is 5.82 Å². The minimum atomic E-state index is -0.642. The van der Waals surface area contributed by atoms with E-state index in [1.54, 1.807) is 6.07 Å². The van der Waals surface area contributed by atoms with Gasteiger partial charge in [0.25, 0.3) is 0 Å². The number of carbonyl (C=O) groups is 1. The van der Waals surface area contributed by atoms with Crippen LogP contribution in [0.1, 0.15) is 47.8 Å². The summed E-state index contributed by atoms with van der Waals surface area (Å²) in [6, 6.07) is 5.73. The minimum Gasteiger partial charge on any atom is -0.494 e. The Balaban J connectivity index is 1.99. The van der Waals surface area contributed by atoms with Gasteiger partial charge in [0.15, 0.2) is 36.7 Å². The number of hydrogen-bond acceptors (Lipinski definition) is 9. The van der Waals surface area contributed by atoms with Gasteiger partial charge < -0.3 is 37.9 Å². The highest BCUT2D eigenvalue weighted by Crippen LogP contribution is 2.37. The van der Waals surface area contributed by atoms with Crippen molar-refractivity contribution in [1.82, 2.24) is 0 Å². The van der Waals surface area contributed by atoms with Crippen LogP contribution >= 0.6 is 0 Å². The molecule has 0 N–H and O–H groups in total. The number of hydrogen-bond donors (Lipinski definition) is 0. The zero-order valence-corrected chi connectivity index (χ0v) is 22.9. The number of rotatable bonds is 15. The second-order valence-corrected chi connectivity index (χ2v) is 9.11. The summed E-state index contributed by atoms with van der Waals surface area (Å²) in [6.45, 7) is 6.65. The molecule has 38 heavy (non-hydrogen) atoms. The van der Waals surface area contributed by atoms with Crippen molar-refractivity contribution < 1.29 is 47.1 Å². The van der Waals surface area contributed by atoms with Crippen molar-refractivity contribution in [3.8, 4) is 17.2 Å². The zero-order chi connectivity index (χ0) is 27.7. The number of ketones is 1. The van der Waals surface area contributed by atoms with Gasteiger partial charge in [-0.3, -0.25) is 4.79 Å². The summed E-state index contributed by atoms with van der Waals surface area (Å²) < 4.78 is 58.7. The fraction of sp³-hybridized carbons (Fsp3) is 0.536. The first kappa shape index (κ1) is 29.8. The monoisotopic (exact) mass is 536 g/mol. The third-order valence-corrected chi connectivity index (χ3v) is 6.00. The van der Waals surface area contributed by atoms with E-state index in [2.05, 4.69) is 0 Å². The normalized spacial score (nSPS) is 16.4. The second-order valence-electron chi connectivity index (χ2n) is 9.11. The molecular weight excluding hydrogens is 499 g/mol. The van der Waals surface area contributed by atoms with Gasteiger partial charge in [-0.1, -0.05) is 6.92 Å². The average molecular weight is 537 g/mol. The van der Waals surface area contributed by atoms with Gasteiger partial charge >= 0.3 is 0 Å². The van der Waals surface area contributed by atoms with Gasteiger partial charge in [-0.15, -0.1) is 0 Å². The van der Waals surface area contributed by atoms with E-state index in [-0.39, 0.29) is 36.8 Å². The zero-order valence-electron chi connectivity index (χ0n) is 22.9. The van der Waals surface area contributed by atoms with Crippen LogP contribution in [0.5, 0.6) is 17.2 Å². The molecule has 0 spiro atoms. The Morgan fingerprint density at radius 1 is 1.03 bits per heavy atom. The highest BCUT2D eigenvalue weighted by atomic mass is 19.1. The van der Waals surface area contributed by atoms with Gasteiger partial charge in [0, 0.05) is 25.8 Å². The third kappa shape index (κ3) is 7.42. The topological polar surface area (TPSA) is 90.9 Å². The van der Waals surface area contributed by atoms with Crippen LogP contribution in [0.3, 0.4) is 0 Å². The molecule has 1 aliphatic heterocycles. The molecule has 3 rings (SSSR count). The molecule has 0 amide bonds. The smallest absolute Gasteiger partial charge is 0.197 e. The van der Waals surface area contributed by atoms with Crippen molar-refractivity contribution in [2.75, 3.05) is 54.7 Å². The van der Waals surface area contributed by atoms with Gasteiger partial charge in [-0.05, 0) is 56.0 Å². The molecule has 0 radical (unpaired) electrons. The molecule has 0 bridgehead atoms. The molecule has 2 aromatic carbocycles. The molecule has 10 heteroatoms. The quantitative estimate of drug-likeness (QED) is 0.188. The Labute approximate surface area is 223 Å². The van der Waals surface area contributed by atoms with Crippen LogP contribution in [0.4, 0.5) is 4.39 Å². The van der Waals surface area contributed by atoms with Crippen molar-refractivity contribution in [3.05, 3.63) is 52.3 Å². The third-order valence-electron chi connectivity index (χ3n) is 6.00. The largest absolute Gasteiger partial charge is 0.494 e. The van der Waals surface area contributed by atoms with Crippen LogP contribution in [0.25, 0.3) is 0 Å². The lowest BCUT2D eigenvalue weighted by Crippen LogP contribution is -2.24. The molecule has 1 unspecified atom stereocenters. The van der Waals surface area contributed by atoms with E-state index in [4.69, 9.17) is 37.9 Å². The lowest BCUT2D eigenvalue weighted by molar-refractivity contribution is -0.144. The molecule has 1 saturated heterocycles. The Hall–Kier alpha value is -2.76. The number of benzene rings is 2. The lowest BCUT2D eigenvalue weighted by Gasteiger charge is -2.22. The first-order chi connectivity index (χ1) is 18.2. The van der Waals surface area contributed by atoms with E-state index in [1.165, 1.54) is 33.5 Å². The average Bonchev–Trinajstić information content (AvgIpc) is 3.26. The highest BCUT2D eigenvalue weighted by Gasteiger charge is 2.33. The van der Waals surface area contributed by atoms with E-state index >= 15 is 0 Å². The van der Waals surface area contributed by atoms with Crippen LogP contribution in [0.15, 0.2) is 24.3 Å². The Morgan fingerprint density at radius 2 is 1.74 bits per heavy atom. The molecule has 1 heterocycles. The summed E-state index contributed by atoms with van der Waals surface area (Å²) in [5.74, 6) is -0.875. The van der Waals surface area contributed by atoms with E-state index in [9.17, 15) is 9.18 Å². The number of carbonyl (C=O) groups excluding carboxylic acids is 1. The molecule has 0 aromatic heterocycles. The predicted molar refractivity (Wildman–Crippen MR) is 137 cm³/mol. The van der Waals surface area contributed by atoms with E-state index < -0.39 is 17.4 Å². The molecule has 210 valence electrons. The van der Waals surface area contributed by atoms with Crippen LogP contribution < -0.4 is 14.2 Å². The maximum Gasteiger partial charge on any atom is 0.197 e. The summed E-state index contributed by atoms with van der Waals surface area (Å²) in [4.78, 5) is 13.8. The second kappa shape index (κ2) is 13.9. The summed E-state index contributed by atoms with van der Waals surface area (Å²) in [5, 5.41) is 0. The first-order valence-corrected chi connectivity index (χ1v) is 12.4. The summed E-state index contributed by atoms with van der Waals surface area (Å²) in [7, 11) is 4.37. The van der Waals surface area contributed by atoms with Crippen molar-refractivity contribution in [3.63, 3.8) is 0 Å². The first-order valence-electron chi connectivity index (χ1n) is 12.4. The summed E-state index contributed by atoms with van der Waals surface area (Å²) in [5.41, 5.74) is 1.92. The van der Waals surface area contributed by atoms with E-state index in [0.29, 0.717) is 49.5 Å². The molecule has 0 saturated carbocycles. The number of ether oxygens (including phenoxy) is 8. The molecule has 1 fully saturated rings. The Kier molecular flexibility index (Phi) is 10.9. The number of methoxy groups -OCH3 is 3. The lowest BCUT2D eigenvalue weighted by atomic mass is 9.90.